The fourth-order valence-corrected chi connectivity index (χ4v) is 6.33. The average molecular weight is 589 g/mol. The third kappa shape index (κ3) is 17.0. The van der Waals surface area contributed by atoms with Crippen LogP contribution in [0.5, 0.6) is 0 Å². The molecule has 1 atom stereocenters. The van der Waals surface area contributed by atoms with Crippen molar-refractivity contribution in [2.45, 2.75) is 109 Å². The van der Waals surface area contributed by atoms with Crippen LogP contribution in [0.4, 0.5) is 0 Å². The first-order chi connectivity index (χ1) is 17.3. The van der Waals surface area contributed by atoms with E-state index in [-0.39, 0.29) is 12.2 Å². The monoisotopic (exact) mass is 588 g/mol. The number of likely N-dealkylation sites (N-methyl/N-ethyl adjacent to an activating group) is 1. The van der Waals surface area contributed by atoms with Crippen LogP contribution in [0, 0.1) is 0 Å². The van der Waals surface area contributed by atoms with Gasteiger partial charge in [0, 0.05) is 18.6 Å². The molecule has 1 N–H and O–H groups in total. The summed E-state index contributed by atoms with van der Waals surface area (Å²) in [4.78, 5) is 9.11. The molecule has 0 amide bonds. The van der Waals surface area contributed by atoms with Crippen LogP contribution in [0.2, 0.25) is 0 Å². The Kier molecular flexibility index (Phi) is 19.2. The fraction of sp³-hybridized carbons (Fsp3) is 0.962. The van der Waals surface area contributed by atoms with E-state index in [1.54, 1.807) is 0 Å². The number of carboxylic acid groups (broad SMARTS) is 1. The minimum Gasteiger partial charge on any atom is -0.748 e. The molecule has 0 aliphatic rings. The van der Waals surface area contributed by atoms with Crippen molar-refractivity contribution < 1.29 is 44.8 Å². The van der Waals surface area contributed by atoms with Crippen molar-refractivity contribution in [3.63, 3.8) is 0 Å². The van der Waals surface area contributed by atoms with Gasteiger partial charge in [-0.2, -0.15) is 8.42 Å². The van der Waals surface area contributed by atoms with Crippen LogP contribution in [0.3, 0.4) is 0 Å². The minimum absolute atomic E-state index is 0.149. The van der Waals surface area contributed by atoms with Gasteiger partial charge in [0.1, 0.15) is 5.97 Å². The van der Waals surface area contributed by atoms with Gasteiger partial charge < -0.3 is 23.4 Å². The molecule has 0 bridgehead atoms. The maximum absolute atomic E-state index is 11.6. The fourth-order valence-electron chi connectivity index (χ4n) is 4.54. The summed E-state index contributed by atoms with van der Waals surface area (Å²) in [5.41, 5.74) is 0. The standard InChI is InChI=1S/C13H27NO5S.C13H29NO3S/c1-5-6-7-8-9-10-11-13(12(15)16,14(2,3)4)20(17,18)19;1-4-5-6-7-8-9-11-14(2,3)12-10-13-18(15,16)17/h5-11H2,1-4H3,(H-,15,16,17,18,19);4-13H2,1-3H3. The van der Waals surface area contributed by atoms with Crippen molar-refractivity contribution in [2.75, 3.05) is 54.1 Å². The highest BCUT2D eigenvalue weighted by atomic mass is 32.2. The Labute approximate surface area is 233 Å². The highest BCUT2D eigenvalue weighted by Gasteiger charge is 2.55. The van der Waals surface area contributed by atoms with E-state index in [0.717, 1.165) is 49.7 Å². The SMILES string of the molecule is CCCCCCCCC(C(=O)[O-])([N+](C)(C)C)S(=O)(=O)O.CCCCCCCC[N+](C)(C)CCCS(=O)(=O)[O-]. The molecule has 0 radical (unpaired) electrons. The van der Waals surface area contributed by atoms with Crippen LogP contribution in [-0.4, -0.2) is 99.8 Å². The second-order valence-electron chi connectivity index (χ2n) is 11.8. The summed E-state index contributed by atoms with van der Waals surface area (Å²) in [7, 11) is -0.318. The van der Waals surface area contributed by atoms with Crippen LogP contribution in [0.1, 0.15) is 104 Å². The van der Waals surface area contributed by atoms with Gasteiger partial charge in [0.25, 0.3) is 4.87 Å². The van der Waals surface area contributed by atoms with Crippen molar-refractivity contribution in [1.29, 1.82) is 0 Å². The Morgan fingerprint density at radius 1 is 0.711 bits per heavy atom. The molecule has 0 fully saturated rings. The lowest BCUT2D eigenvalue weighted by Gasteiger charge is -2.43. The average Bonchev–Trinajstić information content (AvgIpc) is 2.73. The summed E-state index contributed by atoms with van der Waals surface area (Å²) < 4.78 is 64.6. The molecule has 0 rings (SSSR count). The number of carbonyl (C=O) groups excluding carboxylic acids is 1. The molecular weight excluding hydrogens is 532 g/mol. The Hall–Kier alpha value is -0.790. The van der Waals surface area contributed by atoms with Gasteiger partial charge in [-0.3, -0.25) is 4.55 Å². The van der Waals surface area contributed by atoms with Crippen LogP contribution < -0.4 is 5.11 Å². The molecule has 10 nitrogen and oxygen atoms in total. The number of hydrogen-bond donors (Lipinski definition) is 1. The Bertz CT molecular complexity index is 853. The maximum Gasteiger partial charge on any atom is 0.328 e. The highest BCUT2D eigenvalue weighted by Crippen LogP contribution is 2.31. The van der Waals surface area contributed by atoms with Crippen LogP contribution >= 0.6 is 0 Å². The Morgan fingerprint density at radius 3 is 1.47 bits per heavy atom. The number of unbranched alkanes of at least 4 members (excludes halogenated alkanes) is 10. The molecule has 0 aliphatic heterocycles. The van der Waals surface area contributed by atoms with Gasteiger partial charge in [-0.15, -0.1) is 0 Å². The van der Waals surface area contributed by atoms with Gasteiger partial charge in [-0.1, -0.05) is 71.6 Å². The van der Waals surface area contributed by atoms with Gasteiger partial charge in [0.2, 0.25) is 0 Å². The van der Waals surface area contributed by atoms with Gasteiger partial charge >= 0.3 is 10.1 Å². The summed E-state index contributed by atoms with van der Waals surface area (Å²) in [5.74, 6) is -1.98. The number of rotatable bonds is 21. The van der Waals surface area contributed by atoms with E-state index in [2.05, 4.69) is 27.9 Å². The first kappa shape index (κ1) is 39.4. The lowest BCUT2D eigenvalue weighted by molar-refractivity contribution is -0.901. The molecule has 38 heavy (non-hydrogen) atoms. The summed E-state index contributed by atoms with van der Waals surface area (Å²) in [5, 5.41) is 11.4. The predicted octanol–water partition coefficient (Wildman–Crippen LogP) is 3.14. The molecule has 0 saturated heterocycles. The molecule has 0 heterocycles. The molecule has 12 heteroatoms. The molecule has 0 aromatic heterocycles. The third-order valence-electron chi connectivity index (χ3n) is 6.97. The van der Waals surface area contributed by atoms with E-state index in [9.17, 15) is 35.8 Å². The normalized spacial score (nSPS) is 14.4. The van der Waals surface area contributed by atoms with Crippen molar-refractivity contribution in [1.82, 2.24) is 0 Å². The zero-order valence-electron chi connectivity index (χ0n) is 25.0. The number of quaternary nitrogens is 2. The second kappa shape index (κ2) is 18.5. The Balaban J connectivity index is 0. The number of hydrogen-bond acceptors (Lipinski definition) is 7. The number of carboxylic acids is 1. The molecule has 0 aromatic carbocycles. The summed E-state index contributed by atoms with van der Waals surface area (Å²) >= 11 is 0. The zero-order chi connectivity index (χ0) is 30.1. The molecule has 0 spiro atoms. The lowest BCUT2D eigenvalue weighted by Crippen LogP contribution is -2.69. The summed E-state index contributed by atoms with van der Waals surface area (Å²) in [6, 6.07) is 0. The van der Waals surface area contributed by atoms with E-state index >= 15 is 0 Å². The molecule has 1 unspecified atom stereocenters. The molecule has 230 valence electrons. The van der Waals surface area contributed by atoms with E-state index in [1.165, 1.54) is 59.7 Å². The van der Waals surface area contributed by atoms with E-state index in [0.29, 0.717) is 12.8 Å². The van der Waals surface area contributed by atoms with Gasteiger partial charge in [0.05, 0.1) is 58.4 Å². The predicted molar refractivity (Wildman–Crippen MR) is 150 cm³/mol. The number of aliphatic carboxylic acids is 1. The summed E-state index contributed by atoms with van der Waals surface area (Å²) in [6.45, 7) is 6.13. The van der Waals surface area contributed by atoms with Crippen molar-refractivity contribution >= 4 is 26.2 Å². The lowest BCUT2D eigenvalue weighted by atomic mass is 10.0. The van der Waals surface area contributed by atoms with E-state index in [4.69, 9.17) is 0 Å². The van der Waals surface area contributed by atoms with Crippen molar-refractivity contribution in [3.05, 3.63) is 0 Å². The quantitative estimate of drug-likeness (QED) is 0.122. The third-order valence-corrected chi connectivity index (χ3v) is 9.53. The van der Waals surface area contributed by atoms with Crippen LogP contribution in [-0.2, 0) is 25.0 Å². The molecule has 0 aromatic rings. The van der Waals surface area contributed by atoms with E-state index < -0.39 is 35.6 Å². The van der Waals surface area contributed by atoms with Gasteiger partial charge in [0.15, 0.2) is 0 Å². The van der Waals surface area contributed by atoms with Gasteiger partial charge in [-0.25, -0.2) is 8.42 Å². The van der Waals surface area contributed by atoms with Crippen molar-refractivity contribution in [3.8, 4) is 0 Å². The molecular formula is C26H56N2O8S2. The first-order valence-electron chi connectivity index (χ1n) is 14.0. The van der Waals surface area contributed by atoms with E-state index in [1.807, 2.05) is 0 Å². The zero-order valence-corrected chi connectivity index (χ0v) is 26.7. The van der Waals surface area contributed by atoms with Crippen LogP contribution in [0.15, 0.2) is 0 Å². The topological polar surface area (TPSA) is 152 Å². The first-order valence-corrected chi connectivity index (χ1v) is 17.0. The number of carbonyl (C=O) groups is 1. The Morgan fingerprint density at radius 2 is 1.11 bits per heavy atom. The minimum atomic E-state index is -4.77. The smallest absolute Gasteiger partial charge is 0.328 e. The maximum atomic E-state index is 11.6. The largest absolute Gasteiger partial charge is 0.748 e. The number of nitrogens with zero attached hydrogens (tertiary/aromatic N) is 2. The van der Waals surface area contributed by atoms with Crippen molar-refractivity contribution in [2.24, 2.45) is 0 Å². The summed E-state index contributed by atoms with van der Waals surface area (Å²) in [6.07, 6.45) is 13.3. The van der Waals surface area contributed by atoms with Crippen LogP contribution in [0.25, 0.3) is 0 Å². The molecule has 0 aliphatic carbocycles. The second-order valence-corrected chi connectivity index (χ2v) is 15.0. The molecule has 0 saturated carbocycles. The highest BCUT2D eigenvalue weighted by molar-refractivity contribution is 7.87. The van der Waals surface area contributed by atoms with Gasteiger partial charge in [-0.05, 0) is 19.3 Å².